The number of carbonyl (C=O) groups excluding carboxylic acids is 1. The third-order valence-electron chi connectivity index (χ3n) is 3.98. The van der Waals surface area contributed by atoms with Crippen LogP contribution in [0.3, 0.4) is 0 Å². The van der Waals surface area contributed by atoms with Crippen LogP contribution in [-0.4, -0.2) is 5.78 Å². The minimum absolute atomic E-state index is 0.163. The van der Waals surface area contributed by atoms with Gasteiger partial charge < -0.3 is 0 Å². The zero-order valence-electron chi connectivity index (χ0n) is 10.7. The van der Waals surface area contributed by atoms with Crippen molar-refractivity contribution >= 4 is 33.0 Å². The van der Waals surface area contributed by atoms with Gasteiger partial charge in [-0.05, 0) is 47.2 Å². The average molecular weight is 315 g/mol. The molecule has 0 saturated heterocycles. The Labute approximate surface area is 116 Å². The van der Waals surface area contributed by atoms with E-state index in [0.717, 1.165) is 20.6 Å². The molecule has 17 heavy (non-hydrogen) atoms. The second kappa shape index (κ2) is 4.85. The third kappa shape index (κ3) is 2.65. The minimum Gasteiger partial charge on any atom is -0.294 e. The van der Waals surface area contributed by atoms with Crippen molar-refractivity contribution in [2.24, 2.45) is 11.3 Å². The third-order valence-corrected chi connectivity index (χ3v) is 5.53. The van der Waals surface area contributed by atoms with Crippen LogP contribution in [0.2, 0.25) is 0 Å². The number of halogens is 1. The van der Waals surface area contributed by atoms with E-state index < -0.39 is 0 Å². The van der Waals surface area contributed by atoms with Crippen LogP contribution < -0.4 is 0 Å². The van der Waals surface area contributed by atoms with Crippen molar-refractivity contribution in [3.8, 4) is 0 Å². The normalized spacial score (nSPS) is 23.6. The number of ketones is 1. The van der Waals surface area contributed by atoms with Gasteiger partial charge in [0.2, 0.25) is 0 Å². The first-order chi connectivity index (χ1) is 7.92. The summed E-state index contributed by atoms with van der Waals surface area (Å²) in [4.78, 5) is 13.8. The number of hydrogen-bond acceptors (Lipinski definition) is 2. The molecule has 0 N–H and O–H groups in total. The van der Waals surface area contributed by atoms with Crippen LogP contribution in [0, 0.1) is 18.3 Å². The largest absolute Gasteiger partial charge is 0.294 e. The van der Waals surface area contributed by atoms with Gasteiger partial charge in [-0.1, -0.05) is 26.7 Å². The minimum atomic E-state index is 0.163. The number of rotatable bonds is 2. The van der Waals surface area contributed by atoms with Gasteiger partial charge in [0.25, 0.3) is 0 Å². The second-order valence-corrected chi connectivity index (χ2v) is 8.31. The summed E-state index contributed by atoms with van der Waals surface area (Å²) in [6.45, 7) is 6.52. The molecule has 1 aliphatic rings. The summed E-state index contributed by atoms with van der Waals surface area (Å²) in [5.74, 6) is 0.561. The number of hydrogen-bond donors (Lipinski definition) is 0. The van der Waals surface area contributed by atoms with Crippen LogP contribution in [-0.2, 0) is 0 Å². The lowest BCUT2D eigenvalue weighted by molar-refractivity contribution is 0.0697. The van der Waals surface area contributed by atoms with E-state index in [2.05, 4.69) is 29.8 Å². The Balaban J connectivity index is 2.28. The van der Waals surface area contributed by atoms with Gasteiger partial charge >= 0.3 is 0 Å². The average Bonchev–Trinajstić information content (AvgIpc) is 2.56. The summed E-state index contributed by atoms with van der Waals surface area (Å²) >= 11 is 5.13. The molecule has 3 heteroatoms. The Morgan fingerprint density at radius 1 is 1.47 bits per heavy atom. The molecule has 94 valence electrons. The van der Waals surface area contributed by atoms with Gasteiger partial charge in [0.15, 0.2) is 5.78 Å². The molecule has 1 aromatic rings. The number of Topliss-reactive ketones (excluding diaryl/α,β-unsaturated/α-hetero) is 1. The van der Waals surface area contributed by atoms with E-state index in [1.807, 2.05) is 13.0 Å². The van der Waals surface area contributed by atoms with Gasteiger partial charge in [-0.2, -0.15) is 0 Å². The quantitative estimate of drug-likeness (QED) is 0.684. The Hall–Kier alpha value is -0.150. The van der Waals surface area contributed by atoms with Crippen molar-refractivity contribution in [3.05, 3.63) is 20.3 Å². The lowest BCUT2D eigenvalue weighted by atomic mass is 9.66. The van der Waals surface area contributed by atoms with Crippen LogP contribution >= 0.6 is 27.3 Å². The molecule has 0 spiro atoms. The molecule has 1 saturated carbocycles. The fourth-order valence-electron chi connectivity index (χ4n) is 2.86. The number of aryl methyl sites for hydroxylation is 1. The van der Waals surface area contributed by atoms with Crippen molar-refractivity contribution in [2.45, 2.75) is 46.5 Å². The van der Waals surface area contributed by atoms with Crippen molar-refractivity contribution in [3.63, 3.8) is 0 Å². The van der Waals surface area contributed by atoms with Gasteiger partial charge in [-0.3, -0.25) is 4.79 Å². The Morgan fingerprint density at radius 2 is 2.18 bits per heavy atom. The monoisotopic (exact) mass is 314 g/mol. The predicted octanol–water partition coefficient (Wildman–Crippen LogP) is 5.22. The van der Waals surface area contributed by atoms with Crippen LogP contribution in [0.1, 0.15) is 54.8 Å². The number of carbonyl (C=O) groups is 1. The zero-order chi connectivity index (χ0) is 12.6. The summed E-state index contributed by atoms with van der Waals surface area (Å²) in [6, 6.07) is 1.99. The summed E-state index contributed by atoms with van der Waals surface area (Å²) in [7, 11) is 0. The van der Waals surface area contributed by atoms with E-state index in [-0.39, 0.29) is 11.3 Å². The Morgan fingerprint density at radius 3 is 2.71 bits per heavy atom. The summed E-state index contributed by atoms with van der Waals surface area (Å²) < 4.78 is 1.06. The molecular formula is C14H19BrOS. The smallest absolute Gasteiger partial charge is 0.167 e. The maximum Gasteiger partial charge on any atom is 0.167 e. The number of thiophene rings is 1. The van der Waals surface area contributed by atoms with Crippen LogP contribution in [0.25, 0.3) is 0 Å². The SMILES string of the molecule is Cc1sc(Br)cc1C(=O)C1CCCCC1(C)C. The first-order valence-corrected chi connectivity index (χ1v) is 7.83. The van der Waals surface area contributed by atoms with Crippen LogP contribution in [0.15, 0.2) is 9.85 Å². The predicted molar refractivity (Wildman–Crippen MR) is 76.8 cm³/mol. The van der Waals surface area contributed by atoms with E-state index in [9.17, 15) is 4.79 Å². The Bertz CT molecular complexity index is 433. The zero-order valence-corrected chi connectivity index (χ0v) is 13.1. The Kier molecular flexibility index (Phi) is 3.79. The van der Waals surface area contributed by atoms with E-state index in [1.165, 1.54) is 19.3 Å². The highest BCUT2D eigenvalue weighted by Crippen LogP contribution is 2.43. The van der Waals surface area contributed by atoms with E-state index in [0.29, 0.717) is 5.78 Å². The fourth-order valence-corrected chi connectivity index (χ4v) is 4.55. The molecule has 1 aromatic heterocycles. The molecule has 1 atom stereocenters. The summed E-state index contributed by atoms with van der Waals surface area (Å²) in [5.41, 5.74) is 1.10. The van der Waals surface area contributed by atoms with Crippen molar-refractivity contribution < 1.29 is 4.79 Å². The molecule has 0 radical (unpaired) electrons. The molecule has 2 rings (SSSR count). The van der Waals surface area contributed by atoms with Gasteiger partial charge in [0, 0.05) is 16.4 Å². The molecule has 0 aromatic carbocycles. The summed E-state index contributed by atoms with van der Waals surface area (Å²) in [5, 5.41) is 0. The molecule has 1 nitrogen and oxygen atoms in total. The van der Waals surface area contributed by atoms with Crippen LogP contribution in [0.5, 0.6) is 0 Å². The standard InChI is InChI=1S/C14H19BrOS/c1-9-10(8-12(15)17-9)13(16)11-6-4-5-7-14(11,2)3/h8,11H,4-7H2,1-3H3. The van der Waals surface area contributed by atoms with Crippen molar-refractivity contribution in [1.82, 2.24) is 0 Å². The molecule has 1 aliphatic carbocycles. The van der Waals surface area contributed by atoms with E-state index >= 15 is 0 Å². The first kappa shape index (κ1) is 13.3. The van der Waals surface area contributed by atoms with E-state index in [4.69, 9.17) is 0 Å². The fraction of sp³-hybridized carbons (Fsp3) is 0.643. The second-order valence-electron chi connectivity index (χ2n) is 5.67. The molecule has 1 unspecified atom stereocenters. The maximum atomic E-state index is 12.6. The summed E-state index contributed by atoms with van der Waals surface area (Å²) in [6.07, 6.45) is 4.69. The van der Waals surface area contributed by atoms with Gasteiger partial charge in [0.05, 0.1) is 3.79 Å². The van der Waals surface area contributed by atoms with Crippen molar-refractivity contribution in [2.75, 3.05) is 0 Å². The lowest BCUT2D eigenvalue weighted by Gasteiger charge is -2.37. The topological polar surface area (TPSA) is 17.1 Å². The van der Waals surface area contributed by atoms with Crippen LogP contribution in [0.4, 0.5) is 0 Å². The van der Waals surface area contributed by atoms with Gasteiger partial charge in [0.1, 0.15) is 0 Å². The highest BCUT2D eigenvalue weighted by Gasteiger charge is 2.38. The molecule has 0 aliphatic heterocycles. The maximum absolute atomic E-state index is 12.6. The lowest BCUT2D eigenvalue weighted by Crippen LogP contribution is -2.34. The molecule has 0 bridgehead atoms. The molecule has 0 amide bonds. The molecular weight excluding hydrogens is 296 g/mol. The highest BCUT2D eigenvalue weighted by atomic mass is 79.9. The highest BCUT2D eigenvalue weighted by molar-refractivity contribution is 9.11. The van der Waals surface area contributed by atoms with E-state index in [1.54, 1.807) is 11.3 Å². The van der Waals surface area contributed by atoms with Crippen molar-refractivity contribution in [1.29, 1.82) is 0 Å². The molecule has 1 fully saturated rings. The first-order valence-electron chi connectivity index (χ1n) is 6.22. The van der Waals surface area contributed by atoms with Gasteiger partial charge in [-0.25, -0.2) is 0 Å². The molecule has 1 heterocycles. The van der Waals surface area contributed by atoms with Gasteiger partial charge in [-0.15, -0.1) is 11.3 Å².